The van der Waals surface area contributed by atoms with Gasteiger partial charge in [0.1, 0.15) is 0 Å². The van der Waals surface area contributed by atoms with Crippen LogP contribution in [0.3, 0.4) is 0 Å². The van der Waals surface area contributed by atoms with Crippen LogP contribution in [0.1, 0.15) is 98.3 Å². The highest BCUT2D eigenvalue weighted by Crippen LogP contribution is 2.22. The molecule has 0 rings (SSSR count). The summed E-state index contributed by atoms with van der Waals surface area (Å²) in [6.45, 7) is 9.47. The van der Waals surface area contributed by atoms with Crippen molar-refractivity contribution >= 4 is 8.07 Å². The van der Waals surface area contributed by atoms with Gasteiger partial charge in [-0.2, -0.15) is 0 Å². The zero-order chi connectivity index (χ0) is 15.8. The zero-order valence-corrected chi connectivity index (χ0v) is 16.6. The van der Waals surface area contributed by atoms with Crippen LogP contribution in [-0.2, 0) is 0 Å². The highest BCUT2D eigenvalue weighted by Gasteiger charge is 2.22. The fraction of sp³-hybridized carbons (Fsp3) is 0.900. The number of hydrogen-bond donors (Lipinski definition) is 0. The van der Waals surface area contributed by atoms with E-state index >= 15 is 0 Å². The normalized spacial score (nSPS) is 12.4. The first-order chi connectivity index (χ1) is 10.2. The van der Waals surface area contributed by atoms with Crippen LogP contribution in [0.2, 0.25) is 18.1 Å². The molecule has 0 aromatic carbocycles. The summed E-state index contributed by atoms with van der Waals surface area (Å²) in [5.41, 5.74) is 2.65. The highest BCUT2D eigenvalue weighted by molar-refractivity contribution is 6.84. The van der Waals surface area contributed by atoms with Crippen molar-refractivity contribution in [2.75, 3.05) is 0 Å². The maximum absolute atomic E-state index is 2.65. The minimum absolute atomic E-state index is 0.995. The minimum atomic E-state index is -0.995. The van der Waals surface area contributed by atoms with Crippen LogP contribution in [0.15, 0.2) is 11.8 Å². The second-order valence-corrected chi connectivity index (χ2v) is 12.0. The van der Waals surface area contributed by atoms with Gasteiger partial charge in [-0.15, -0.1) is 0 Å². The molecule has 0 bridgehead atoms. The minimum Gasteiger partial charge on any atom is -0.0981 e. The lowest BCUT2D eigenvalue weighted by atomic mass is 10.1. The van der Waals surface area contributed by atoms with Gasteiger partial charge in [0.05, 0.1) is 8.07 Å². The van der Waals surface area contributed by atoms with E-state index in [4.69, 9.17) is 0 Å². The van der Waals surface area contributed by atoms with Gasteiger partial charge in [-0.1, -0.05) is 115 Å². The van der Waals surface area contributed by atoms with Crippen LogP contribution >= 0.6 is 0 Å². The molecule has 0 fully saturated rings. The molecule has 0 aromatic rings. The fourth-order valence-corrected chi connectivity index (χ4v) is 6.06. The fourth-order valence-electron chi connectivity index (χ4n) is 3.19. The molecule has 0 amide bonds. The van der Waals surface area contributed by atoms with E-state index in [0.717, 1.165) is 0 Å². The molecule has 0 saturated carbocycles. The molecule has 0 nitrogen and oxygen atoms in total. The van der Waals surface area contributed by atoms with Gasteiger partial charge in [0.2, 0.25) is 0 Å². The Morgan fingerprint density at radius 2 is 1.00 bits per heavy atom. The van der Waals surface area contributed by atoms with E-state index in [-0.39, 0.29) is 0 Å². The molecule has 0 aliphatic rings. The third-order valence-electron chi connectivity index (χ3n) is 5.31. The topological polar surface area (TPSA) is 0 Å². The van der Waals surface area contributed by atoms with Gasteiger partial charge in [-0.05, 0) is 12.8 Å². The van der Waals surface area contributed by atoms with Gasteiger partial charge >= 0.3 is 0 Å². The quantitative estimate of drug-likeness (QED) is 0.213. The molecule has 0 aliphatic heterocycles. The second-order valence-electron chi connectivity index (χ2n) is 6.80. The first kappa shape index (κ1) is 21.0. The molecule has 0 atom stereocenters. The van der Waals surface area contributed by atoms with Gasteiger partial charge in [0.15, 0.2) is 0 Å². The third kappa shape index (κ3) is 11.2. The number of unbranched alkanes of at least 4 members (excludes halogenated alkanes) is 10. The van der Waals surface area contributed by atoms with Crippen molar-refractivity contribution in [1.29, 1.82) is 0 Å². The summed E-state index contributed by atoms with van der Waals surface area (Å²) in [6, 6.07) is 4.28. The van der Waals surface area contributed by atoms with Crippen molar-refractivity contribution in [3.63, 3.8) is 0 Å². The Kier molecular flexibility index (Phi) is 14.8. The predicted octanol–water partition coefficient (Wildman–Crippen LogP) is 7.90. The van der Waals surface area contributed by atoms with Crippen LogP contribution in [0.4, 0.5) is 0 Å². The summed E-state index contributed by atoms with van der Waals surface area (Å²) in [5, 5.41) is 0. The summed E-state index contributed by atoms with van der Waals surface area (Å²) >= 11 is 0. The van der Waals surface area contributed by atoms with Crippen molar-refractivity contribution in [3.8, 4) is 0 Å². The molecule has 0 aromatic heterocycles. The van der Waals surface area contributed by atoms with Crippen LogP contribution in [-0.4, -0.2) is 8.07 Å². The van der Waals surface area contributed by atoms with Crippen molar-refractivity contribution in [3.05, 3.63) is 11.8 Å². The SMILES string of the molecule is CCCCCCCCCCCCC=C[Si](CC)(CC)CC. The van der Waals surface area contributed by atoms with Gasteiger partial charge < -0.3 is 0 Å². The Labute approximate surface area is 136 Å². The maximum atomic E-state index is 2.65. The molecule has 0 aliphatic carbocycles. The Bertz CT molecular complexity index is 220. The van der Waals surface area contributed by atoms with Crippen LogP contribution in [0.5, 0.6) is 0 Å². The summed E-state index contributed by atoms with van der Waals surface area (Å²) in [6.07, 6.45) is 18.3. The number of allylic oxidation sites excluding steroid dienone is 1. The standard InChI is InChI=1S/C20H42Si/c1-5-9-10-11-12-13-14-15-16-17-18-19-20-21(6-2,7-3)8-4/h19-20H,5-18H2,1-4H3. The predicted molar refractivity (Wildman–Crippen MR) is 103 cm³/mol. The molecule has 0 unspecified atom stereocenters. The van der Waals surface area contributed by atoms with Crippen molar-refractivity contribution in [1.82, 2.24) is 0 Å². The summed E-state index contributed by atoms with van der Waals surface area (Å²) in [4.78, 5) is 0. The summed E-state index contributed by atoms with van der Waals surface area (Å²) < 4.78 is 0. The van der Waals surface area contributed by atoms with E-state index in [9.17, 15) is 0 Å². The first-order valence-electron chi connectivity index (χ1n) is 9.92. The molecule has 0 spiro atoms. The van der Waals surface area contributed by atoms with Crippen LogP contribution < -0.4 is 0 Å². The van der Waals surface area contributed by atoms with Crippen molar-refractivity contribution < 1.29 is 0 Å². The monoisotopic (exact) mass is 310 g/mol. The third-order valence-corrected chi connectivity index (χ3v) is 10.5. The van der Waals surface area contributed by atoms with E-state index < -0.39 is 8.07 Å². The Balaban J connectivity index is 3.43. The molecule has 1 heteroatoms. The molecule has 0 N–H and O–H groups in total. The van der Waals surface area contributed by atoms with Crippen LogP contribution in [0.25, 0.3) is 0 Å². The average Bonchev–Trinajstić information content (AvgIpc) is 2.53. The smallest absolute Gasteiger partial charge is 0.0766 e. The largest absolute Gasteiger partial charge is 0.0981 e. The van der Waals surface area contributed by atoms with E-state index in [1.807, 2.05) is 0 Å². The summed E-state index contributed by atoms with van der Waals surface area (Å²) in [7, 11) is -0.995. The summed E-state index contributed by atoms with van der Waals surface area (Å²) in [5.74, 6) is 0. The van der Waals surface area contributed by atoms with Crippen molar-refractivity contribution in [2.24, 2.45) is 0 Å². The molecule has 21 heavy (non-hydrogen) atoms. The van der Waals surface area contributed by atoms with Crippen molar-refractivity contribution in [2.45, 2.75) is 116 Å². The van der Waals surface area contributed by atoms with Gasteiger partial charge in [-0.3, -0.25) is 0 Å². The number of rotatable bonds is 15. The van der Waals surface area contributed by atoms with Crippen LogP contribution in [0, 0.1) is 0 Å². The van der Waals surface area contributed by atoms with Gasteiger partial charge in [0.25, 0.3) is 0 Å². The highest BCUT2D eigenvalue weighted by atomic mass is 28.3. The average molecular weight is 311 g/mol. The number of hydrogen-bond acceptors (Lipinski definition) is 0. The van der Waals surface area contributed by atoms with Gasteiger partial charge in [0, 0.05) is 0 Å². The lowest BCUT2D eigenvalue weighted by Gasteiger charge is -2.23. The molecular formula is C20H42Si. The molecular weight excluding hydrogens is 268 g/mol. The Morgan fingerprint density at radius 1 is 0.571 bits per heavy atom. The lowest BCUT2D eigenvalue weighted by Crippen LogP contribution is -2.28. The Morgan fingerprint density at radius 3 is 1.43 bits per heavy atom. The molecule has 0 saturated heterocycles. The van der Waals surface area contributed by atoms with E-state index in [0.29, 0.717) is 0 Å². The van der Waals surface area contributed by atoms with E-state index in [1.165, 1.54) is 88.8 Å². The lowest BCUT2D eigenvalue weighted by molar-refractivity contribution is 0.557. The second kappa shape index (κ2) is 14.9. The Hall–Kier alpha value is -0.0431. The zero-order valence-electron chi connectivity index (χ0n) is 15.6. The molecule has 126 valence electrons. The molecule has 0 heterocycles. The van der Waals surface area contributed by atoms with Gasteiger partial charge in [-0.25, -0.2) is 0 Å². The molecule has 0 radical (unpaired) electrons. The van der Waals surface area contributed by atoms with E-state index in [1.54, 1.807) is 0 Å². The maximum Gasteiger partial charge on any atom is 0.0766 e. The van der Waals surface area contributed by atoms with E-state index in [2.05, 4.69) is 39.5 Å². The first-order valence-corrected chi connectivity index (χ1v) is 12.6.